The normalized spacial score (nSPS) is 16.4. The lowest BCUT2D eigenvalue weighted by molar-refractivity contribution is -0.146. The number of carbonyl (C=O) groups is 1. The highest BCUT2D eigenvalue weighted by atomic mass is 32.2. The minimum absolute atomic E-state index is 0.160. The Kier molecular flexibility index (Phi) is 9.78. The first-order chi connectivity index (χ1) is 17.8. The molecule has 0 N–H and O–H groups in total. The van der Waals surface area contributed by atoms with Gasteiger partial charge in [-0.25, -0.2) is 0 Å². The van der Waals surface area contributed by atoms with Crippen molar-refractivity contribution in [2.24, 2.45) is 0 Å². The minimum Gasteiger partial charge on any atom is -0.463 e. The van der Waals surface area contributed by atoms with Gasteiger partial charge in [-0.2, -0.15) is 13.2 Å². The van der Waals surface area contributed by atoms with Crippen molar-refractivity contribution in [1.82, 2.24) is 4.90 Å². The van der Waals surface area contributed by atoms with Crippen molar-refractivity contribution in [2.75, 3.05) is 44.3 Å². The summed E-state index contributed by atoms with van der Waals surface area (Å²) in [5.74, 6) is -0.160. The van der Waals surface area contributed by atoms with Gasteiger partial charge < -0.3 is 19.3 Å². The van der Waals surface area contributed by atoms with Gasteiger partial charge in [0, 0.05) is 35.8 Å². The molecule has 37 heavy (non-hydrogen) atoms. The van der Waals surface area contributed by atoms with E-state index in [2.05, 4.69) is 4.90 Å². The highest BCUT2D eigenvalue weighted by molar-refractivity contribution is 7.99. The van der Waals surface area contributed by atoms with E-state index in [4.69, 9.17) is 9.47 Å². The first kappa shape index (κ1) is 27.8. The van der Waals surface area contributed by atoms with Gasteiger partial charge in [0.25, 0.3) is 0 Å². The zero-order valence-electron chi connectivity index (χ0n) is 21.3. The molecule has 5 nitrogen and oxygen atoms in total. The molecule has 0 saturated carbocycles. The molecule has 1 saturated heterocycles. The molecule has 2 aromatic carbocycles. The fourth-order valence-corrected chi connectivity index (χ4v) is 5.84. The summed E-state index contributed by atoms with van der Waals surface area (Å²) in [5, 5.41) is 0. The molecule has 0 bridgehead atoms. The number of hydrogen-bond donors (Lipinski definition) is 0. The maximum Gasteiger partial charge on any atom is 0.416 e. The van der Waals surface area contributed by atoms with Gasteiger partial charge in [0.05, 0.1) is 29.6 Å². The fourth-order valence-electron chi connectivity index (χ4n) is 4.76. The topological polar surface area (TPSA) is 42.0 Å². The third-order valence-electron chi connectivity index (χ3n) is 6.78. The quantitative estimate of drug-likeness (QED) is 0.230. The largest absolute Gasteiger partial charge is 0.463 e. The average Bonchev–Trinajstić information content (AvgIpc) is 2.89. The van der Waals surface area contributed by atoms with Crippen molar-refractivity contribution in [3.8, 4) is 0 Å². The van der Waals surface area contributed by atoms with Gasteiger partial charge in [-0.15, -0.1) is 0 Å². The van der Waals surface area contributed by atoms with E-state index >= 15 is 0 Å². The Morgan fingerprint density at radius 3 is 2.51 bits per heavy atom. The third kappa shape index (κ3) is 7.65. The van der Waals surface area contributed by atoms with Crippen LogP contribution >= 0.6 is 11.8 Å². The molecular weight excluding hydrogens is 501 g/mol. The molecule has 0 atom stereocenters. The molecule has 202 valence electrons. The number of esters is 1. The Hall–Kier alpha value is -2.23. The van der Waals surface area contributed by atoms with Crippen LogP contribution in [0, 0.1) is 0 Å². The second-order valence-electron chi connectivity index (χ2n) is 9.49. The molecule has 0 radical (unpaired) electrons. The van der Waals surface area contributed by atoms with E-state index in [1.54, 1.807) is 6.07 Å². The number of hydrogen-bond acceptors (Lipinski definition) is 6. The highest BCUT2D eigenvalue weighted by Gasteiger charge is 2.33. The molecule has 0 unspecified atom stereocenters. The monoisotopic (exact) mass is 536 g/mol. The van der Waals surface area contributed by atoms with Crippen molar-refractivity contribution >= 4 is 29.1 Å². The summed E-state index contributed by atoms with van der Waals surface area (Å²) in [7, 11) is 0. The van der Waals surface area contributed by atoms with Crippen LogP contribution in [0.2, 0.25) is 0 Å². The Balaban J connectivity index is 1.25. The number of likely N-dealkylation sites (tertiary alicyclic amines) is 1. The van der Waals surface area contributed by atoms with Crippen molar-refractivity contribution in [2.45, 2.75) is 67.5 Å². The van der Waals surface area contributed by atoms with Crippen molar-refractivity contribution in [3.05, 3.63) is 48.0 Å². The fraction of sp³-hybridized carbons (Fsp3) is 0.536. The van der Waals surface area contributed by atoms with Crippen molar-refractivity contribution in [3.63, 3.8) is 0 Å². The van der Waals surface area contributed by atoms with Gasteiger partial charge in [-0.3, -0.25) is 4.79 Å². The number of nitrogens with zero attached hydrogens (tertiary/aromatic N) is 2. The predicted octanol–water partition coefficient (Wildman–Crippen LogP) is 6.91. The first-order valence-corrected chi connectivity index (χ1v) is 13.9. The lowest BCUT2D eigenvalue weighted by Gasteiger charge is -2.35. The SMILES string of the molecule is CCCCC(=O)OCCOC1CCN(CCCN2c3ccccc3Sc3ccc(C(F)(F)F)cc32)CC1. The molecule has 0 aromatic heterocycles. The number of anilines is 2. The van der Waals surface area contributed by atoms with E-state index in [1.807, 2.05) is 36.1 Å². The van der Waals surface area contributed by atoms with E-state index in [-0.39, 0.29) is 12.1 Å². The number of alkyl halides is 3. The summed E-state index contributed by atoms with van der Waals surface area (Å²) >= 11 is 1.52. The molecule has 2 heterocycles. The maximum absolute atomic E-state index is 13.4. The number of halogens is 3. The second-order valence-corrected chi connectivity index (χ2v) is 10.6. The molecule has 0 spiro atoms. The molecule has 2 aliphatic rings. The van der Waals surface area contributed by atoms with E-state index in [0.717, 1.165) is 67.2 Å². The van der Waals surface area contributed by atoms with Crippen LogP contribution in [0.15, 0.2) is 52.3 Å². The Bertz CT molecular complexity index is 1040. The van der Waals surface area contributed by atoms with Crippen molar-refractivity contribution < 1.29 is 27.4 Å². The molecule has 1 fully saturated rings. The predicted molar refractivity (Wildman–Crippen MR) is 140 cm³/mol. The molecule has 9 heteroatoms. The van der Waals surface area contributed by atoms with Crippen LogP contribution in [0.3, 0.4) is 0 Å². The van der Waals surface area contributed by atoms with Crippen LogP contribution in [0.5, 0.6) is 0 Å². The van der Waals surface area contributed by atoms with Crippen LogP contribution in [0.4, 0.5) is 24.5 Å². The Morgan fingerprint density at radius 2 is 1.76 bits per heavy atom. The van der Waals surface area contributed by atoms with Crippen LogP contribution in [0.25, 0.3) is 0 Å². The summed E-state index contributed by atoms with van der Waals surface area (Å²) in [6.07, 6.45) is 0.772. The average molecular weight is 537 g/mol. The van der Waals surface area contributed by atoms with Gasteiger partial charge in [0.15, 0.2) is 0 Å². The highest BCUT2D eigenvalue weighted by Crippen LogP contribution is 2.49. The zero-order valence-corrected chi connectivity index (χ0v) is 22.1. The number of unbranched alkanes of at least 4 members (excludes halogenated alkanes) is 1. The lowest BCUT2D eigenvalue weighted by Crippen LogP contribution is -2.38. The number of ether oxygens (including phenoxy) is 2. The van der Waals surface area contributed by atoms with Crippen LogP contribution < -0.4 is 4.90 Å². The number of piperidine rings is 1. The maximum atomic E-state index is 13.4. The van der Waals surface area contributed by atoms with E-state index in [1.165, 1.54) is 23.9 Å². The summed E-state index contributed by atoms with van der Waals surface area (Å²) < 4.78 is 51.4. The van der Waals surface area contributed by atoms with Crippen LogP contribution in [-0.2, 0) is 20.4 Å². The van der Waals surface area contributed by atoms with Gasteiger partial charge >= 0.3 is 12.1 Å². The number of rotatable bonds is 11. The van der Waals surface area contributed by atoms with E-state index < -0.39 is 11.7 Å². The summed E-state index contributed by atoms with van der Waals surface area (Å²) in [4.78, 5) is 17.9. The molecule has 2 aliphatic heterocycles. The van der Waals surface area contributed by atoms with Gasteiger partial charge in [-0.05, 0) is 62.6 Å². The number of carbonyl (C=O) groups excluding carboxylic acids is 1. The number of fused-ring (bicyclic) bond motifs is 2. The smallest absolute Gasteiger partial charge is 0.416 e. The standard InChI is InChI=1S/C28H35F3N2O3S/c1-2-3-9-27(34)36-19-18-35-22-12-16-32(17-13-22)14-6-15-33-23-7-4-5-8-25(23)37-26-11-10-21(20-24(26)33)28(29,30)31/h4-5,7-8,10-11,20,22H,2-3,6,9,12-19H2,1H3. The number of para-hydroxylation sites is 1. The molecule has 4 rings (SSSR count). The number of benzene rings is 2. The van der Waals surface area contributed by atoms with Gasteiger partial charge in [-0.1, -0.05) is 37.2 Å². The van der Waals surface area contributed by atoms with E-state index in [0.29, 0.717) is 31.9 Å². The first-order valence-electron chi connectivity index (χ1n) is 13.1. The lowest BCUT2D eigenvalue weighted by atomic mass is 10.1. The van der Waals surface area contributed by atoms with Crippen molar-refractivity contribution in [1.29, 1.82) is 0 Å². The molecule has 0 aliphatic carbocycles. The minimum atomic E-state index is -4.37. The summed E-state index contributed by atoms with van der Waals surface area (Å²) in [6.45, 7) is 6.13. The zero-order chi connectivity index (χ0) is 26.3. The summed E-state index contributed by atoms with van der Waals surface area (Å²) in [6, 6.07) is 11.9. The summed E-state index contributed by atoms with van der Waals surface area (Å²) in [5.41, 5.74) is 0.969. The van der Waals surface area contributed by atoms with E-state index in [9.17, 15) is 18.0 Å². The van der Waals surface area contributed by atoms with Gasteiger partial charge in [0.2, 0.25) is 0 Å². The third-order valence-corrected chi connectivity index (χ3v) is 7.91. The van der Waals surface area contributed by atoms with Crippen LogP contribution in [0.1, 0.15) is 51.0 Å². The molecule has 2 aromatic rings. The molecule has 0 amide bonds. The molecular formula is C28H35F3N2O3S. The van der Waals surface area contributed by atoms with Crippen LogP contribution in [-0.4, -0.2) is 56.4 Å². The Labute approximate surface area is 221 Å². The second kappa shape index (κ2) is 13.0. The van der Waals surface area contributed by atoms with Gasteiger partial charge in [0.1, 0.15) is 6.61 Å². The Morgan fingerprint density at radius 1 is 1.00 bits per heavy atom.